The summed E-state index contributed by atoms with van der Waals surface area (Å²) in [7, 11) is 4.86. The van der Waals surface area contributed by atoms with Gasteiger partial charge in [0.05, 0.1) is 74.1 Å². The van der Waals surface area contributed by atoms with Crippen molar-refractivity contribution in [1.29, 1.82) is 0 Å². The Kier molecular flexibility index (Phi) is 36.5. The number of ether oxygens (including phenoxy) is 9. The van der Waals surface area contributed by atoms with Gasteiger partial charge < -0.3 is 87.7 Å². The van der Waals surface area contributed by atoms with Crippen LogP contribution in [0.15, 0.2) is 54.6 Å². The topological polar surface area (TPSA) is 360 Å². The van der Waals surface area contributed by atoms with Crippen molar-refractivity contribution in [1.82, 2.24) is 60.6 Å². The van der Waals surface area contributed by atoms with E-state index in [0.29, 0.717) is 114 Å². The molecule has 33 heteroatoms. The number of nitrogens with zero attached hydrogens (tertiary/aromatic N) is 9. The Morgan fingerprint density at radius 1 is 0.373 bits per heavy atom. The van der Waals surface area contributed by atoms with Crippen LogP contribution >= 0.6 is 0 Å². The molecule has 6 aromatic rings. The van der Waals surface area contributed by atoms with Crippen molar-refractivity contribution < 1.29 is 146 Å². The number of amides is 6. The molecule has 6 bridgehead atoms. The Bertz CT molecular complexity index is 5350. The van der Waals surface area contributed by atoms with Crippen LogP contribution in [0.25, 0.3) is 33.1 Å². The van der Waals surface area contributed by atoms with Crippen molar-refractivity contribution in [2.24, 2.45) is 63.6 Å². The van der Waals surface area contributed by atoms with Gasteiger partial charge in [-0.2, -0.15) is 0 Å². The molecule has 7 aliphatic carbocycles. The number of benzene rings is 3. The van der Waals surface area contributed by atoms with Gasteiger partial charge in [-0.25, -0.2) is 63.1 Å². The first-order valence-corrected chi connectivity index (χ1v) is 52.7. The zero-order valence-electron chi connectivity index (χ0n) is 85.0. The van der Waals surface area contributed by atoms with Crippen LogP contribution in [0.4, 0.5) is 14.4 Å². The van der Waals surface area contributed by atoms with Crippen molar-refractivity contribution in [3.63, 3.8) is 0 Å². The summed E-state index contributed by atoms with van der Waals surface area (Å²) in [6, 6.07) is 12.1. The van der Waals surface area contributed by atoms with Gasteiger partial charge in [-0.05, 0) is 243 Å². The van der Waals surface area contributed by atoms with Crippen molar-refractivity contribution in [2.75, 3.05) is 41.0 Å². The van der Waals surface area contributed by atoms with Gasteiger partial charge in [-0.3, -0.25) is 14.4 Å². The van der Waals surface area contributed by atoms with Crippen LogP contribution in [0.1, 0.15) is 308 Å². The van der Waals surface area contributed by atoms with E-state index in [9.17, 15) is 43.2 Å². The minimum Gasteiger partial charge on any atom is -0.540 e. The van der Waals surface area contributed by atoms with E-state index in [-0.39, 0.29) is 127 Å². The number of rotatable bonds is 12. The van der Waals surface area contributed by atoms with Crippen molar-refractivity contribution in [3.8, 4) is 34.9 Å². The van der Waals surface area contributed by atoms with E-state index in [4.69, 9.17) is 72.5 Å². The molecule has 30 nitrogen and oxygen atoms in total. The fraction of sp³-hybridized carbons (Fsp3) is 0.697. The molecule has 6 aliphatic heterocycles. The Hall–Kier alpha value is -8.54. The van der Waals surface area contributed by atoms with Gasteiger partial charge in [-0.15, -0.1) is 0 Å². The number of nitrogens with one attached hydrogen (secondary N) is 3. The minimum atomic E-state index is -0.826. The molecular weight excluding hydrogens is 1920 g/mol. The molecule has 13 aliphatic rings. The van der Waals surface area contributed by atoms with Gasteiger partial charge in [0.1, 0.15) is 88.1 Å². The first kappa shape index (κ1) is 109. The summed E-state index contributed by atoms with van der Waals surface area (Å²) < 4.78 is 54.8. The summed E-state index contributed by atoms with van der Waals surface area (Å²) >= 11 is 0. The second-order valence-electron chi connectivity index (χ2n) is 43.9. The number of carbonyl (C=O) groups excluding carboxylic acids is 9. The van der Waals surface area contributed by atoms with Crippen molar-refractivity contribution >= 4 is 88.0 Å². The Morgan fingerprint density at radius 2 is 0.711 bits per heavy atom. The van der Waals surface area contributed by atoms with Crippen LogP contribution in [0.3, 0.4) is 0 Å². The number of alkyl carbamates (subject to hydrolysis) is 3. The first-order chi connectivity index (χ1) is 67.2. The number of aryl methyl sites for hydroxylation is 3. The molecule has 3 radical (unpaired) electrons. The Labute approximate surface area is 877 Å². The quantitative estimate of drug-likeness (QED) is 0.0756. The summed E-state index contributed by atoms with van der Waals surface area (Å²) in [5.74, 6) is 3.89. The molecule has 2 unspecified atom stereocenters. The fourth-order valence-corrected chi connectivity index (χ4v) is 26.1. The SMILES string of the molecule is CC[C@@H]1[C@@H]2CN(C(=O)[C@H](C3(C)CCCCC3)NC(=O)O[C@@H]3CC4CC4[C@H]3CCCCCc3nc4ccc(OC)cc4nc3O2)[C@@H]1[C-]=O.CC[C@@H]1[C@@H]2CN(C(=O)[C@H](C3(C)CCCCC3)NC(=O)O[C@]3(C)CCC[C@H]3CCCCCc3nc4ccc(OC)cc4nc3O2)[C@@H]1[C-]=O.CC[C@@H]1[C@@H]2CN(C(=O)[C@H](C3(C)CCCCC3)NC(=O)O[C@]3(C)C[C@H]3CCCCCc3nc4ccc(OC)cc4nc3O2)[C@@H]1[C-]=O.[HH].[HH].[HH].[V].[V].[V]. The van der Waals surface area contributed by atoms with Gasteiger partial charge in [0, 0.05) is 84.1 Å². The maximum Gasteiger partial charge on any atom is 0.408 e. The molecular formula is C109H153N12O18V3-3. The van der Waals surface area contributed by atoms with Crippen molar-refractivity contribution in [2.45, 2.75) is 378 Å². The van der Waals surface area contributed by atoms with E-state index in [1.54, 1.807) is 36.0 Å². The summed E-state index contributed by atoms with van der Waals surface area (Å²) in [6.45, 7) is 16.9. The average molecular weight is 2070 g/mol. The molecule has 3 aromatic heterocycles. The molecule has 20 atom stereocenters. The maximum atomic E-state index is 14.7. The third-order valence-corrected chi connectivity index (χ3v) is 34.8. The number of hydrogen-bond donors (Lipinski definition) is 3. The number of carbonyl (C=O) groups is 6. The maximum absolute atomic E-state index is 14.7. The number of fused-ring (bicyclic) bond motifs is 17. The molecule has 775 valence electrons. The fourth-order valence-electron chi connectivity index (χ4n) is 26.1. The zero-order chi connectivity index (χ0) is 97.7. The second kappa shape index (κ2) is 47.5. The van der Waals surface area contributed by atoms with Crippen LogP contribution < -0.4 is 44.4 Å². The summed E-state index contributed by atoms with van der Waals surface area (Å²) in [6.07, 6.45) is 39.0. The molecule has 142 heavy (non-hydrogen) atoms. The first-order valence-electron chi connectivity index (χ1n) is 52.7. The molecule has 3 aromatic carbocycles. The third kappa shape index (κ3) is 23.8. The second-order valence-corrected chi connectivity index (χ2v) is 43.9. The standard InChI is InChI=1S/C37H49N4O6.C37H51N4O6.C35H47N4O6.3V.3H2/c1-4-24-30(21-42)41-20-32(24)46-34-28(38-27-14-13-23(45-3)19-29(27)39-34)12-8-5-7-11-25-26-17-22(26)18-31(25)47-36(44)40-33(35(41)43)37(2)15-9-6-10-16-37;1-5-26-30(23-42)41-22-31(26)46-33-28(38-27-17-16-25(45-4)21-29(27)39-33)15-9-6-8-13-24-14-12-20-37(24,3)47-35(44)40-32(34(41)43)36(2)18-10-7-11-19-36;1-5-24-28(21-40)39-20-29(24)44-31-26(36-25-15-14-23(43-4)18-27(25)37-31)13-9-6-8-12-22-19-35(22,3)45-33(42)38-30(32(39)41)34(2)16-10-7-11-17-34;;;;;;/h13-14,19,22,24-26,30-33H,4-12,15-18,20H2,1-3H3,(H,40,44);16-17,21,24,26,30-32H,5-15,18-20,22H2,1-4H3,(H,40,44);14-15,18,22,24,28-30H,5-13,16-17,19-20H2,1-4H3,(H,38,42);;;;3*1H/q3*-1;;;;;;/t22?,24-,25+,26?,30+,31+,32-,33+;24-,26+,30-,31+,32-,37-;22-,24+,28-,29+,30-,35-;;;;;;/m011....../s1. The van der Waals surface area contributed by atoms with Gasteiger partial charge in [-0.1, -0.05) is 175 Å². The number of methoxy groups -OCH3 is 3. The Morgan fingerprint density at radius 3 is 1.07 bits per heavy atom. The van der Waals surface area contributed by atoms with E-state index < -0.39 is 100 Å². The molecule has 7 saturated carbocycles. The monoisotopic (exact) mass is 2070 g/mol. The molecule has 0 spiro atoms. The average Bonchev–Trinajstić information content (AvgIpc) is 1.58. The Balaban J connectivity index is 0.000000203. The largest absolute Gasteiger partial charge is 0.540 e. The number of hydrogen-bond acceptors (Lipinski definition) is 24. The van der Waals surface area contributed by atoms with Crippen LogP contribution in [0.5, 0.6) is 34.9 Å². The molecule has 19 rings (SSSR count). The van der Waals surface area contributed by atoms with Gasteiger partial charge in [0.15, 0.2) is 0 Å². The smallest absolute Gasteiger partial charge is 0.408 e. The number of aromatic nitrogens is 6. The van der Waals surface area contributed by atoms with Crippen LogP contribution in [-0.4, -0.2) is 212 Å². The van der Waals surface area contributed by atoms with Gasteiger partial charge in [0.2, 0.25) is 35.4 Å². The van der Waals surface area contributed by atoms with Crippen LogP contribution in [-0.2, 0) is 118 Å². The molecule has 3 N–H and O–H groups in total. The van der Waals surface area contributed by atoms with E-state index in [1.165, 1.54) is 6.42 Å². The van der Waals surface area contributed by atoms with Gasteiger partial charge >= 0.3 is 18.3 Å². The predicted octanol–water partition coefficient (Wildman–Crippen LogP) is 18.8. The molecule has 10 fully saturated rings. The zero-order valence-corrected chi connectivity index (χ0v) is 89.2. The van der Waals surface area contributed by atoms with Crippen molar-refractivity contribution in [3.05, 3.63) is 71.7 Å². The minimum absolute atomic E-state index is 0. The summed E-state index contributed by atoms with van der Waals surface area (Å²) in [5.41, 5.74) is 4.18. The van der Waals surface area contributed by atoms with Crippen LogP contribution in [0.2, 0.25) is 0 Å². The third-order valence-electron chi connectivity index (χ3n) is 34.8. The molecule has 6 amide bonds. The van der Waals surface area contributed by atoms with Crippen LogP contribution in [0, 0.1) is 63.6 Å². The summed E-state index contributed by atoms with van der Waals surface area (Å²) in [4.78, 5) is 157. The molecule has 9 heterocycles. The van der Waals surface area contributed by atoms with Gasteiger partial charge in [0.25, 0.3) is 0 Å². The van der Waals surface area contributed by atoms with E-state index in [0.717, 1.165) is 239 Å². The molecule has 3 saturated heterocycles. The van der Waals surface area contributed by atoms with E-state index >= 15 is 0 Å². The summed E-state index contributed by atoms with van der Waals surface area (Å²) in [5, 5.41) is 9.16. The predicted molar refractivity (Wildman–Crippen MR) is 529 cm³/mol. The van der Waals surface area contributed by atoms with E-state index in [2.05, 4.69) is 62.5 Å². The normalized spacial score (nSPS) is 32.0. The van der Waals surface area contributed by atoms with E-state index in [1.807, 2.05) is 82.3 Å².